The van der Waals surface area contributed by atoms with Gasteiger partial charge in [0.1, 0.15) is 0 Å². The molecule has 0 saturated heterocycles. The highest BCUT2D eigenvalue weighted by Crippen LogP contribution is 2.50. The topological polar surface area (TPSA) is 9.86 Å². The number of hydrogen-bond acceptors (Lipinski definition) is 0. The summed E-state index contributed by atoms with van der Waals surface area (Å²) in [5, 5.41) is 5.29. The van der Waals surface area contributed by atoms with Crippen molar-refractivity contribution in [3.63, 3.8) is 0 Å². The summed E-state index contributed by atoms with van der Waals surface area (Å²) in [6, 6.07) is 56.3. The third kappa shape index (κ3) is 7.26. The third-order valence-corrected chi connectivity index (χ3v) is 18.4. The number of fused-ring (bicyclic) bond motifs is 11. The average Bonchev–Trinajstić information content (AvgIpc) is 3.88. The largest absolute Gasteiger partial charge is 0.375 e. The van der Waals surface area contributed by atoms with E-state index in [0.29, 0.717) is 0 Å². The molecule has 0 spiro atoms. The maximum atomic E-state index is 2.78. The highest BCUT2D eigenvalue weighted by molar-refractivity contribution is 6.90. The van der Waals surface area contributed by atoms with Gasteiger partial charge in [-0.2, -0.15) is 0 Å². The van der Waals surface area contributed by atoms with Gasteiger partial charge in [0.25, 0.3) is 0 Å². The lowest BCUT2D eigenvalue weighted by molar-refractivity contribution is 0.332. The molecule has 0 atom stereocenters. The zero-order valence-electron chi connectivity index (χ0n) is 47.7. The number of rotatable bonds is 3. The van der Waals surface area contributed by atoms with E-state index in [9.17, 15) is 0 Å². The Kier molecular flexibility index (Phi) is 9.96. The zero-order chi connectivity index (χ0) is 52.8. The van der Waals surface area contributed by atoms with Crippen molar-refractivity contribution >= 4 is 61.4 Å². The first-order valence-corrected chi connectivity index (χ1v) is 28.0. The van der Waals surface area contributed by atoms with E-state index in [-0.39, 0.29) is 39.3 Å². The van der Waals surface area contributed by atoms with Crippen LogP contribution < -0.4 is 10.9 Å². The lowest BCUT2D eigenvalue weighted by Crippen LogP contribution is -2.55. The quantitative estimate of drug-likeness (QED) is 0.156. The number of hydrogen-bond donors (Lipinski definition) is 0. The Balaban J connectivity index is 1.18. The molecule has 376 valence electrons. The van der Waals surface area contributed by atoms with Gasteiger partial charge in [0.15, 0.2) is 0 Å². The molecule has 2 nitrogen and oxygen atoms in total. The second-order valence-corrected chi connectivity index (χ2v) is 28.6. The molecule has 3 aliphatic rings. The van der Waals surface area contributed by atoms with Crippen LogP contribution >= 0.6 is 0 Å². The fourth-order valence-electron chi connectivity index (χ4n) is 13.6. The lowest BCUT2D eigenvalue weighted by Gasteiger charge is -2.42. The number of aromatic nitrogens is 2. The minimum absolute atomic E-state index is 0.000752. The first-order chi connectivity index (χ1) is 35.2. The summed E-state index contributed by atoms with van der Waals surface area (Å²) in [5.41, 5.74) is 28.2. The van der Waals surface area contributed by atoms with Crippen molar-refractivity contribution < 1.29 is 0 Å². The third-order valence-electron chi connectivity index (χ3n) is 18.4. The van der Waals surface area contributed by atoms with Crippen LogP contribution in [0.1, 0.15) is 157 Å². The monoisotopic (exact) mass is 979 g/mol. The molecule has 13 rings (SSSR count). The molecular weight excluding hydrogens is 904 g/mol. The van der Waals surface area contributed by atoms with Gasteiger partial charge in [0, 0.05) is 43.8 Å². The van der Waals surface area contributed by atoms with Crippen LogP contribution in [0, 0.1) is 0 Å². The minimum atomic E-state index is -0.0710. The van der Waals surface area contributed by atoms with Crippen molar-refractivity contribution in [2.75, 3.05) is 0 Å². The second kappa shape index (κ2) is 15.5. The van der Waals surface area contributed by atoms with Crippen molar-refractivity contribution in [2.24, 2.45) is 0 Å². The summed E-state index contributed by atoms with van der Waals surface area (Å²) < 4.78 is 5.46. The molecule has 0 unspecified atom stereocenters. The van der Waals surface area contributed by atoms with E-state index in [0.717, 1.165) is 0 Å². The molecule has 4 heterocycles. The Hall–Kier alpha value is -6.58. The summed E-state index contributed by atoms with van der Waals surface area (Å²) in [7, 11) is 0. The van der Waals surface area contributed by atoms with Crippen molar-refractivity contribution in [2.45, 2.75) is 156 Å². The molecule has 10 aromatic rings. The van der Waals surface area contributed by atoms with E-state index in [1.165, 1.54) is 151 Å². The molecule has 0 fully saturated rings. The standard InChI is InChI=1S/C72H75BN2/c1-67(2,3)48-23-17-42(18-24-48)44-22-29-61-52(33-44)55-35-46(43-19-25-49(26-20-43)68(4,5)6)37-60-66(55)74(61)63-38-47(45-21-28-58-59(36-45)72(15,16)32-31-71(58,13)14)34-54-57-41-51(70(10,11)12)40-56-53-39-50(69(7,8)9)27-30-62(53)75(65(56)57)73(60)64(54)63/h17-30,33-41H,31-32H2,1-16H3. The van der Waals surface area contributed by atoms with E-state index in [4.69, 9.17) is 0 Å². The molecule has 2 aromatic heterocycles. The van der Waals surface area contributed by atoms with Crippen molar-refractivity contribution in [1.29, 1.82) is 0 Å². The first kappa shape index (κ1) is 48.1. The Morgan fingerprint density at radius 2 is 0.853 bits per heavy atom. The van der Waals surface area contributed by atoms with E-state index < -0.39 is 0 Å². The maximum absolute atomic E-state index is 2.78. The summed E-state index contributed by atoms with van der Waals surface area (Å²) in [6.45, 7) is 37.8. The SMILES string of the molecule is CC(C)(C)c1ccc(-c2ccc3c(c2)c2cc(-c4ccc(C(C)(C)C)cc4)cc4c2n3-c2cc(-c3ccc5c(c3)C(C)(C)CCC5(C)C)cc3c2B4n2c4ccc(C(C)(C)C)cc4c4cc(C(C)(C)C)cc-3c42)cc1. The van der Waals surface area contributed by atoms with E-state index in [2.05, 4.69) is 259 Å². The molecule has 1 aliphatic carbocycles. The Morgan fingerprint density at radius 3 is 1.48 bits per heavy atom. The van der Waals surface area contributed by atoms with Gasteiger partial charge in [-0.1, -0.05) is 196 Å². The number of benzene rings is 8. The summed E-state index contributed by atoms with van der Waals surface area (Å²) >= 11 is 0. The van der Waals surface area contributed by atoms with Crippen LogP contribution in [0.5, 0.6) is 0 Å². The molecule has 8 aromatic carbocycles. The molecule has 0 saturated carbocycles. The number of nitrogens with zero attached hydrogens (tertiary/aromatic N) is 2. The van der Waals surface area contributed by atoms with Gasteiger partial charge in [0.05, 0.1) is 11.0 Å². The summed E-state index contributed by atoms with van der Waals surface area (Å²) in [4.78, 5) is 0. The fraction of sp³-hybridized carbons (Fsp3) is 0.333. The molecule has 0 amide bonds. The van der Waals surface area contributed by atoms with E-state index in [1.54, 1.807) is 0 Å². The van der Waals surface area contributed by atoms with E-state index >= 15 is 0 Å². The minimum Gasteiger partial charge on any atom is -0.375 e. The van der Waals surface area contributed by atoms with Crippen LogP contribution in [0.15, 0.2) is 140 Å². The molecule has 2 aliphatic heterocycles. The van der Waals surface area contributed by atoms with Gasteiger partial charge in [0.2, 0.25) is 0 Å². The van der Waals surface area contributed by atoms with Crippen LogP contribution in [0.2, 0.25) is 0 Å². The normalized spacial score (nSPS) is 15.8. The Morgan fingerprint density at radius 1 is 0.373 bits per heavy atom. The summed E-state index contributed by atoms with van der Waals surface area (Å²) in [5.74, 6) is 0. The predicted octanol–water partition coefficient (Wildman–Crippen LogP) is 18.4. The smallest absolute Gasteiger partial charge is 0.333 e. The van der Waals surface area contributed by atoms with Crippen molar-refractivity contribution in [1.82, 2.24) is 9.05 Å². The van der Waals surface area contributed by atoms with Crippen LogP contribution in [-0.4, -0.2) is 15.9 Å². The van der Waals surface area contributed by atoms with E-state index in [1.807, 2.05) is 0 Å². The van der Waals surface area contributed by atoms with Gasteiger partial charge >= 0.3 is 6.85 Å². The maximum Gasteiger partial charge on any atom is 0.333 e. The molecule has 0 N–H and O–H groups in total. The van der Waals surface area contributed by atoms with Gasteiger partial charge in [-0.05, 0) is 183 Å². The van der Waals surface area contributed by atoms with Crippen LogP contribution in [0.3, 0.4) is 0 Å². The van der Waals surface area contributed by atoms with Crippen LogP contribution in [0.4, 0.5) is 0 Å². The predicted molar refractivity (Wildman–Crippen MR) is 326 cm³/mol. The first-order valence-electron chi connectivity index (χ1n) is 28.0. The molecular formula is C72H75BN2. The molecule has 0 bridgehead atoms. The molecule has 75 heavy (non-hydrogen) atoms. The zero-order valence-corrected chi connectivity index (χ0v) is 47.7. The molecule has 3 heteroatoms. The highest BCUT2D eigenvalue weighted by Gasteiger charge is 2.43. The summed E-state index contributed by atoms with van der Waals surface area (Å²) in [6.07, 6.45) is 2.38. The van der Waals surface area contributed by atoms with Crippen LogP contribution in [0.25, 0.3) is 93.8 Å². The van der Waals surface area contributed by atoms with Crippen LogP contribution in [-0.2, 0) is 32.5 Å². The lowest BCUT2D eigenvalue weighted by atomic mass is 9.45. The van der Waals surface area contributed by atoms with Crippen molar-refractivity contribution in [3.05, 3.63) is 173 Å². The molecule has 0 radical (unpaired) electrons. The average molecular weight is 979 g/mol. The fourth-order valence-corrected chi connectivity index (χ4v) is 13.6. The highest BCUT2D eigenvalue weighted by atomic mass is 15.0. The Labute approximate surface area is 447 Å². The van der Waals surface area contributed by atoms with Gasteiger partial charge in [-0.25, -0.2) is 0 Å². The van der Waals surface area contributed by atoms with Gasteiger partial charge in [-0.3, -0.25) is 0 Å². The van der Waals surface area contributed by atoms with Crippen molar-refractivity contribution in [3.8, 4) is 50.2 Å². The second-order valence-electron chi connectivity index (χ2n) is 28.6. The van der Waals surface area contributed by atoms with Gasteiger partial charge < -0.3 is 9.05 Å². The van der Waals surface area contributed by atoms with Gasteiger partial charge in [-0.15, -0.1) is 0 Å². The Bertz CT molecular complexity index is 4060.